The number of carbonyl (C=O) groups excluding carboxylic acids is 2. The van der Waals surface area contributed by atoms with Crippen LogP contribution in [0.1, 0.15) is 63.2 Å². The number of benzene rings is 2. The number of nitrogens with one attached hydrogen (secondary N) is 1. The van der Waals surface area contributed by atoms with E-state index in [9.17, 15) is 9.59 Å². The average molecular weight is 423 g/mol. The Morgan fingerprint density at radius 1 is 1.03 bits per heavy atom. The molecule has 166 valence electrons. The molecule has 2 aromatic rings. The Morgan fingerprint density at radius 2 is 1.81 bits per heavy atom. The molecule has 1 heterocycles. The molecule has 0 aliphatic carbocycles. The summed E-state index contributed by atoms with van der Waals surface area (Å²) in [5.41, 5.74) is 5.97. The van der Waals surface area contributed by atoms with E-state index in [-0.39, 0.29) is 11.7 Å². The first-order chi connectivity index (χ1) is 15.0. The van der Waals surface area contributed by atoms with Gasteiger partial charge >= 0.3 is 0 Å². The Hall–Kier alpha value is -2.50. The van der Waals surface area contributed by atoms with E-state index in [0.29, 0.717) is 12.1 Å². The average Bonchev–Trinajstić information content (AvgIpc) is 2.77. The van der Waals surface area contributed by atoms with Crippen LogP contribution in [0, 0.1) is 6.92 Å². The van der Waals surface area contributed by atoms with E-state index in [1.165, 1.54) is 5.56 Å². The first-order valence-corrected chi connectivity index (χ1v) is 11.3. The van der Waals surface area contributed by atoms with Crippen molar-refractivity contribution in [3.05, 3.63) is 69.8 Å². The summed E-state index contributed by atoms with van der Waals surface area (Å²) in [6.45, 7) is 10.9. The second kappa shape index (κ2) is 11.2. The number of hydrogen-bond acceptors (Lipinski definition) is 4. The molecule has 1 aliphatic rings. The lowest BCUT2D eigenvalue weighted by atomic mass is 9.97. The van der Waals surface area contributed by atoms with Gasteiger partial charge in [0.2, 0.25) is 0 Å². The van der Waals surface area contributed by atoms with Crippen LogP contribution in [0.15, 0.2) is 36.4 Å². The first kappa shape index (κ1) is 23.2. The summed E-state index contributed by atoms with van der Waals surface area (Å²) in [5, 5.41) is 3.02. The topological polar surface area (TPSA) is 58.6 Å². The third-order valence-electron chi connectivity index (χ3n) is 5.93. The zero-order valence-electron chi connectivity index (χ0n) is 19.0. The number of aryl methyl sites for hydroxylation is 2. The number of ether oxygens (including phenoxy) is 1. The predicted molar refractivity (Wildman–Crippen MR) is 124 cm³/mol. The molecular weight excluding hydrogens is 388 g/mol. The third-order valence-corrected chi connectivity index (χ3v) is 5.93. The van der Waals surface area contributed by atoms with Gasteiger partial charge in [0.05, 0.1) is 13.2 Å². The minimum absolute atomic E-state index is 0.0736. The quantitative estimate of drug-likeness (QED) is 0.622. The van der Waals surface area contributed by atoms with Crippen molar-refractivity contribution in [3.63, 3.8) is 0 Å². The number of hydrogen-bond donors (Lipinski definition) is 1. The summed E-state index contributed by atoms with van der Waals surface area (Å²) in [6.07, 6.45) is 2.82. The van der Waals surface area contributed by atoms with Crippen molar-refractivity contribution in [1.82, 2.24) is 10.2 Å². The van der Waals surface area contributed by atoms with Crippen molar-refractivity contribution in [1.29, 1.82) is 0 Å². The number of Topliss-reactive ketones (excluding diaryl/α,β-unsaturated/α-hetero) is 1. The molecule has 1 aliphatic heterocycles. The molecule has 31 heavy (non-hydrogen) atoms. The van der Waals surface area contributed by atoms with Crippen LogP contribution < -0.4 is 5.32 Å². The van der Waals surface area contributed by atoms with Crippen molar-refractivity contribution < 1.29 is 14.3 Å². The van der Waals surface area contributed by atoms with Gasteiger partial charge in [-0.15, -0.1) is 0 Å². The lowest BCUT2D eigenvalue weighted by molar-refractivity contribution is 0.0384. The molecule has 0 atom stereocenters. The third kappa shape index (κ3) is 6.49. The van der Waals surface area contributed by atoms with Crippen molar-refractivity contribution in [2.24, 2.45) is 0 Å². The molecule has 3 rings (SSSR count). The maximum atomic E-state index is 12.7. The van der Waals surface area contributed by atoms with E-state index in [1.807, 2.05) is 30.3 Å². The fourth-order valence-electron chi connectivity index (χ4n) is 4.08. The van der Waals surface area contributed by atoms with E-state index in [1.54, 1.807) is 6.92 Å². The minimum atomic E-state index is -0.0736. The van der Waals surface area contributed by atoms with E-state index in [0.717, 1.165) is 74.4 Å². The van der Waals surface area contributed by atoms with Crippen LogP contribution in [0.2, 0.25) is 0 Å². The number of nitrogens with zero attached hydrogens (tertiary/aromatic N) is 1. The zero-order chi connectivity index (χ0) is 22.2. The fraction of sp³-hybridized carbons (Fsp3) is 0.462. The summed E-state index contributed by atoms with van der Waals surface area (Å²) in [6, 6.07) is 11.8. The van der Waals surface area contributed by atoms with Crippen LogP contribution in [0.25, 0.3) is 0 Å². The van der Waals surface area contributed by atoms with Crippen molar-refractivity contribution >= 4 is 11.7 Å². The van der Waals surface area contributed by atoms with Crippen LogP contribution >= 0.6 is 0 Å². The molecule has 5 nitrogen and oxygen atoms in total. The zero-order valence-corrected chi connectivity index (χ0v) is 19.0. The molecule has 0 unspecified atom stereocenters. The van der Waals surface area contributed by atoms with E-state index < -0.39 is 0 Å². The van der Waals surface area contributed by atoms with Crippen molar-refractivity contribution in [2.75, 3.05) is 32.8 Å². The molecule has 1 amide bonds. The standard InChI is InChI=1S/C26H34N2O3/c1-4-5-23-17-21(6-9-25(23)20(3)29)18-27-26(30)24-8-7-22(19(2)16-24)10-11-28-12-14-31-15-13-28/h6-9,16-17H,4-5,10-15,18H2,1-3H3,(H,27,30). The summed E-state index contributed by atoms with van der Waals surface area (Å²) in [4.78, 5) is 26.9. The van der Waals surface area contributed by atoms with Crippen LogP contribution in [0.5, 0.6) is 0 Å². The molecule has 1 saturated heterocycles. The Bertz CT molecular complexity index is 917. The smallest absolute Gasteiger partial charge is 0.251 e. The van der Waals surface area contributed by atoms with Gasteiger partial charge in [-0.25, -0.2) is 0 Å². The van der Waals surface area contributed by atoms with Crippen molar-refractivity contribution in [2.45, 2.75) is 46.6 Å². The van der Waals surface area contributed by atoms with Crippen molar-refractivity contribution in [3.8, 4) is 0 Å². The van der Waals surface area contributed by atoms with Crippen LogP contribution in [-0.4, -0.2) is 49.4 Å². The molecular formula is C26H34N2O3. The molecule has 1 fully saturated rings. The van der Waals surface area contributed by atoms with E-state index in [4.69, 9.17) is 4.74 Å². The molecule has 1 N–H and O–H groups in total. The maximum absolute atomic E-state index is 12.7. The second-order valence-electron chi connectivity index (χ2n) is 8.33. The van der Waals surface area contributed by atoms with E-state index >= 15 is 0 Å². The Labute approximate surface area is 185 Å². The molecule has 0 aromatic heterocycles. The van der Waals surface area contributed by atoms with Gasteiger partial charge in [0.25, 0.3) is 5.91 Å². The highest BCUT2D eigenvalue weighted by atomic mass is 16.5. The molecule has 0 bridgehead atoms. The minimum Gasteiger partial charge on any atom is -0.379 e. The monoisotopic (exact) mass is 422 g/mol. The highest BCUT2D eigenvalue weighted by Crippen LogP contribution is 2.16. The van der Waals surface area contributed by atoms with Gasteiger partial charge in [-0.3, -0.25) is 14.5 Å². The Kier molecular flexibility index (Phi) is 8.38. The Balaban J connectivity index is 1.58. The van der Waals surface area contributed by atoms with Crippen LogP contribution in [0.3, 0.4) is 0 Å². The van der Waals surface area contributed by atoms with Crippen LogP contribution in [0.4, 0.5) is 0 Å². The molecule has 0 radical (unpaired) electrons. The van der Waals surface area contributed by atoms with Gasteiger partial charge in [-0.2, -0.15) is 0 Å². The molecule has 2 aromatic carbocycles. The summed E-state index contributed by atoms with van der Waals surface area (Å²) in [7, 11) is 0. The first-order valence-electron chi connectivity index (χ1n) is 11.3. The Morgan fingerprint density at radius 3 is 2.48 bits per heavy atom. The SMILES string of the molecule is CCCc1cc(CNC(=O)c2ccc(CCN3CCOCC3)c(C)c2)ccc1C(C)=O. The largest absolute Gasteiger partial charge is 0.379 e. The van der Waals surface area contributed by atoms with Gasteiger partial charge in [-0.05, 0) is 61.1 Å². The van der Waals surface area contributed by atoms with Gasteiger partial charge in [0, 0.05) is 37.3 Å². The predicted octanol–water partition coefficient (Wildman–Crippen LogP) is 3.95. The molecule has 5 heteroatoms. The number of amides is 1. The summed E-state index contributed by atoms with van der Waals surface area (Å²) >= 11 is 0. The number of ketones is 1. The number of carbonyl (C=O) groups is 2. The highest BCUT2D eigenvalue weighted by Gasteiger charge is 2.13. The number of rotatable bonds is 9. The van der Waals surface area contributed by atoms with E-state index in [2.05, 4.69) is 30.1 Å². The maximum Gasteiger partial charge on any atom is 0.251 e. The molecule has 0 saturated carbocycles. The normalized spacial score (nSPS) is 14.4. The van der Waals surface area contributed by atoms with Gasteiger partial charge < -0.3 is 10.1 Å². The van der Waals surface area contributed by atoms with Gasteiger partial charge in [0.15, 0.2) is 5.78 Å². The highest BCUT2D eigenvalue weighted by molar-refractivity contribution is 5.96. The van der Waals surface area contributed by atoms with Gasteiger partial charge in [0.1, 0.15) is 0 Å². The summed E-state index contributed by atoms with van der Waals surface area (Å²) in [5.74, 6) is 0.0127. The summed E-state index contributed by atoms with van der Waals surface area (Å²) < 4.78 is 5.41. The fourth-order valence-corrected chi connectivity index (χ4v) is 4.08. The molecule has 0 spiro atoms. The second-order valence-corrected chi connectivity index (χ2v) is 8.33. The van der Waals surface area contributed by atoms with Crippen LogP contribution in [-0.2, 0) is 24.1 Å². The lowest BCUT2D eigenvalue weighted by Gasteiger charge is -2.26. The lowest BCUT2D eigenvalue weighted by Crippen LogP contribution is -2.37. The van der Waals surface area contributed by atoms with Gasteiger partial charge in [-0.1, -0.05) is 37.6 Å². The number of morpholine rings is 1.